The number of rotatable bonds is 8. The molecule has 0 amide bonds. The lowest BCUT2D eigenvalue weighted by atomic mass is 9.91. The first-order chi connectivity index (χ1) is 29.7. The minimum absolute atomic E-state index is 0.607. The summed E-state index contributed by atoms with van der Waals surface area (Å²) in [4.78, 5) is 17.4. The van der Waals surface area contributed by atoms with Crippen LogP contribution in [0.5, 0.6) is 11.5 Å². The minimum atomic E-state index is 0.607. The first kappa shape index (κ1) is 35.0. The van der Waals surface area contributed by atoms with Gasteiger partial charge in [0, 0.05) is 39.0 Å². The van der Waals surface area contributed by atoms with Crippen LogP contribution in [0.4, 0.5) is 17.1 Å². The van der Waals surface area contributed by atoms with Crippen molar-refractivity contribution in [3.05, 3.63) is 218 Å². The molecule has 1 aliphatic heterocycles. The normalized spacial score (nSPS) is 11.5. The molecule has 0 saturated carbocycles. The van der Waals surface area contributed by atoms with Gasteiger partial charge in [-0.25, -0.2) is 15.0 Å². The Bertz CT molecular complexity index is 3000. The van der Waals surface area contributed by atoms with Crippen molar-refractivity contribution in [3.8, 4) is 79.0 Å². The summed E-state index contributed by atoms with van der Waals surface area (Å²) in [6, 6.07) is 75.7. The number of para-hydroxylation sites is 1. The second kappa shape index (κ2) is 15.0. The van der Waals surface area contributed by atoms with Gasteiger partial charge in [-0.2, -0.15) is 0 Å². The summed E-state index contributed by atoms with van der Waals surface area (Å²) >= 11 is 0. The van der Waals surface area contributed by atoms with Crippen LogP contribution < -0.4 is 9.64 Å². The molecule has 0 N–H and O–H groups in total. The van der Waals surface area contributed by atoms with Crippen LogP contribution >= 0.6 is 0 Å². The van der Waals surface area contributed by atoms with E-state index in [1.54, 1.807) is 0 Å². The standard InChI is InChI=1S/C55H36N4O/c1-5-15-37(16-6-1)39-27-31-43(32-28-39)59(44-33-29-40(30-34-44)38-17-7-2-8-18-38)49-26-14-25-47-45-23-13-24-46-48(35-36-50(51(45)46)60-52(47)49)55-57-53(41-19-9-3-10-20-41)56-54(58-55)42-21-11-4-12-22-42/h1-36H. The molecule has 10 aromatic rings. The van der Waals surface area contributed by atoms with Crippen molar-refractivity contribution in [1.29, 1.82) is 0 Å². The van der Waals surface area contributed by atoms with E-state index in [0.29, 0.717) is 17.5 Å². The molecule has 11 rings (SSSR count). The van der Waals surface area contributed by atoms with Gasteiger partial charge in [0.15, 0.2) is 23.2 Å². The lowest BCUT2D eigenvalue weighted by Gasteiger charge is -2.31. The molecule has 9 aromatic carbocycles. The fraction of sp³-hybridized carbons (Fsp3) is 0. The average molecular weight is 769 g/mol. The summed E-state index contributed by atoms with van der Waals surface area (Å²) in [6.45, 7) is 0. The van der Waals surface area contributed by atoms with Crippen LogP contribution in [0, 0.1) is 0 Å². The molecule has 1 aromatic heterocycles. The van der Waals surface area contributed by atoms with E-state index in [2.05, 4.69) is 150 Å². The summed E-state index contributed by atoms with van der Waals surface area (Å²) in [5, 5.41) is 2.03. The predicted molar refractivity (Wildman–Crippen MR) is 245 cm³/mol. The van der Waals surface area contributed by atoms with E-state index in [4.69, 9.17) is 19.7 Å². The van der Waals surface area contributed by atoms with E-state index in [1.807, 2.05) is 72.8 Å². The Labute approximate surface area is 348 Å². The lowest BCUT2D eigenvalue weighted by molar-refractivity contribution is 0.488. The van der Waals surface area contributed by atoms with Gasteiger partial charge in [-0.1, -0.05) is 176 Å². The van der Waals surface area contributed by atoms with Crippen LogP contribution in [0.25, 0.3) is 78.3 Å². The molecule has 5 heteroatoms. The Hall–Kier alpha value is -8.15. The van der Waals surface area contributed by atoms with Gasteiger partial charge in [-0.3, -0.25) is 0 Å². The summed E-state index contributed by atoms with van der Waals surface area (Å²) in [5.74, 6) is 3.43. The molecule has 0 saturated heterocycles. The molecule has 0 bridgehead atoms. The van der Waals surface area contributed by atoms with E-state index in [-0.39, 0.29) is 0 Å². The highest BCUT2D eigenvalue weighted by molar-refractivity contribution is 6.10. The van der Waals surface area contributed by atoms with Crippen molar-refractivity contribution >= 4 is 27.8 Å². The highest BCUT2D eigenvalue weighted by Gasteiger charge is 2.28. The number of hydrogen-bond donors (Lipinski definition) is 0. The molecule has 5 nitrogen and oxygen atoms in total. The van der Waals surface area contributed by atoms with Crippen LogP contribution in [-0.4, -0.2) is 15.0 Å². The van der Waals surface area contributed by atoms with Crippen LogP contribution in [0.15, 0.2) is 218 Å². The number of nitrogens with zero attached hydrogens (tertiary/aromatic N) is 4. The Kier molecular flexibility index (Phi) is 8.75. The molecule has 0 fully saturated rings. The third-order valence-corrected chi connectivity index (χ3v) is 11.1. The molecule has 0 radical (unpaired) electrons. The predicted octanol–water partition coefficient (Wildman–Crippen LogP) is 14.6. The van der Waals surface area contributed by atoms with Gasteiger partial charge < -0.3 is 9.64 Å². The van der Waals surface area contributed by atoms with E-state index in [9.17, 15) is 0 Å². The molecular weight excluding hydrogens is 733 g/mol. The monoisotopic (exact) mass is 768 g/mol. The van der Waals surface area contributed by atoms with Gasteiger partial charge in [0.25, 0.3) is 0 Å². The van der Waals surface area contributed by atoms with Crippen LogP contribution in [0.2, 0.25) is 0 Å². The van der Waals surface area contributed by atoms with Gasteiger partial charge in [-0.05, 0) is 75.7 Å². The van der Waals surface area contributed by atoms with Gasteiger partial charge in [-0.15, -0.1) is 0 Å². The zero-order valence-electron chi connectivity index (χ0n) is 32.5. The van der Waals surface area contributed by atoms with Gasteiger partial charge in [0.1, 0.15) is 5.75 Å². The summed E-state index contributed by atoms with van der Waals surface area (Å²) < 4.78 is 7.07. The lowest BCUT2D eigenvalue weighted by Crippen LogP contribution is -2.12. The SMILES string of the molecule is c1ccc(-c2ccc(N(c3ccc(-c4ccccc4)cc3)c3cccc4c3Oc3ccc(-c5nc(-c6ccccc6)nc(-c6ccccc6)n5)c5cccc-4c35)cc2)cc1. The molecule has 282 valence electrons. The molecule has 0 aliphatic carbocycles. The molecular formula is C55H36N4O. The Morgan fingerprint density at radius 1 is 0.317 bits per heavy atom. The van der Waals surface area contributed by atoms with Gasteiger partial charge >= 0.3 is 0 Å². The van der Waals surface area contributed by atoms with E-state index >= 15 is 0 Å². The van der Waals surface area contributed by atoms with Crippen LogP contribution in [0.3, 0.4) is 0 Å². The maximum absolute atomic E-state index is 7.07. The Morgan fingerprint density at radius 2 is 0.767 bits per heavy atom. The third-order valence-electron chi connectivity index (χ3n) is 11.1. The van der Waals surface area contributed by atoms with Gasteiger partial charge in [0.05, 0.1) is 5.69 Å². The summed E-state index contributed by atoms with van der Waals surface area (Å²) in [7, 11) is 0. The molecule has 60 heavy (non-hydrogen) atoms. The zero-order chi connectivity index (χ0) is 39.8. The number of ether oxygens (including phenoxy) is 1. The van der Waals surface area contributed by atoms with Crippen molar-refractivity contribution in [3.63, 3.8) is 0 Å². The van der Waals surface area contributed by atoms with Crippen LogP contribution in [-0.2, 0) is 0 Å². The number of benzene rings is 9. The second-order valence-electron chi connectivity index (χ2n) is 14.8. The van der Waals surface area contributed by atoms with Crippen molar-refractivity contribution < 1.29 is 4.74 Å². The van der Waals surface area contributed by atoms with Crippen molar-refractivity contribution in [2.75, 3.05) is 4.90 Å². The molecule has 0 spiro atoms. The number of anilines is 3. The average Bonchev–Trinajstić information content (AvgIpc) is 3.33. The van der Waals surface area contributed by atoms with Crippen molar-refractivity contribution in [2.24, 2.45) is 0 Å². The molecule has 2 heterocycles. The summed E-state index contributed by atoms with van der Waals surface area (Å²) in [5.41, 5.74) is 12.5. The Balaban J connectivity index is 1.05. The first-order valence-corrected chi connectivity index (χ1v) is 20.1. The maximum atomic E-state index is 7.07. The van der Waals surface area contributed by atoms with E-state index in [1.165, 1.54) is 11.1 Å². The highest BCUT2D eigenvalue weighted by atomic mass is 16.5. The molecule has 0 unspecified atom stereocenters. The van der Waals surface area contributed by atoms with Gasteiger partial charge in [0.2, 0.25) is 0 Å². The maximum Gasteiger partial charge on any atom is 0.164 e. The number of aromatic nitrogens is 3. The topological polar surface area (TPSA) is 51.1 Å². The minimum Gasteiger partial charge on any atom is -0.454 e. The largest absolute Gasteiger partial charge is 0.454 e. The van der Waals surface area contributed by atoms with Crippen molar-refractivity contribution in [2.45, 2.75) is 0 Å². The molecule has 0 atom stereocenters. The second-order valence-corrected chi connectivity index (χ2v) is 14.8. The fourth-order valence-corrected chi connectivity index (χ4v) is 8.23. The Morgan fingerprint density at radius 3 is 1.30 bits per heavy atom. The summed E-state index contributed by atoms with van der Waals surface area (Å²) in [6.07, 6.45) is 0. The van der Waals surface area contributed by atoms with Crippen molar-refractivity contribution in [1.82, 2.24) is 15.0 Å². The van der Waals surface area contributed by atoms with Crippen LogP contribution in [0.1, 0.15) is 0 Å². The van der Waals surface area contributed by atoms with E-state index < -0.39 is 0 Å². The third kappa shape index (κ3) is 6.35. The zero-order valence-corrected chi connectivity index (χ0v) is 32.5. The fourth-order valence-electron chi connectivity index (χ4n) is 8.23. The molecule has 1 aliphatic rings. The number of hydrogen-bond acceptors (Lipinski definition) is 5. The smallest absolute Gasteiger partial charge is 0.164 e. The quantitative estimate of drug-likeness (QED) is 0.154. The first-order valence-electron chi connectivity index (χ1n) is 20.1. The van der Waals surface area contributed by atoms with E-state index in [0.717, 1.165) is 78.3 Å². The highest BCUT2D eigenvalue weighted by Crippen LogP contribution is 2.54. The number of fused-ring (bicyclic) bond motifs is 2.